The summed E-state index contributed by atoms with van der Waals surface area (Å²) in [6.45, 7) is 6.30. The summed E-state index contributed by atoms with van der Waals surface area (Å²) in [5, 5.41) is 14.8. The van der Waals surface area contributed by atoms with E-state index in [1.807, 2.05) is 54.5 Å². The van der Waals surface area contributed by atoms with E-state index in [0.717, 1.165) is 29.8 Å². The Hall–Kier alpha value is -2.94. The first kappa shape index (κ1) is 21.3. The molecule has 3 heterocycles. The Morgan fingerprint density at radius 2 is 2.03 bits per heavy atom. The van der Waals surface area contributed by atoms with E-state index in [1.54, 1.807) is 16.1 Å². The van der Waals surface area contributed by atoms with Crippen LogP contribution in [0.25, 0.3) is 10.7 Å². The highest BCUT2D eigenvalue weighted by Crippen LogP contribution is 2.29. The number of nitrogens with zero attached hydrogens (tertiary/aromatic N) is 5. The van der Waals surface area contributed by atoms with Crippen LogP contribution >= 0.6 is 11.3 Å². The van der Waals surface area contributed by atoms with Crippen molar-refractivity contribution in [3.05, 3.63) is 41.3 Å². The summed E-state index contributed by atoms with van der Waals surface area (Å²) in [6.07, 6.45) is 2.25. The Morgan fingerprint density at radius 3 is 2.81 bits per heavy atom. The van der Waals surface area contributed by atoms with Crippen molar-refractivity contribution >= 4 is 17.2 Å². The van der Waals surface area contributed by atoms with E-state index in [-0.39, 0.29) is 11.9 Å². The molecular formula is C22H27N5O3S. The lowest BCUT2D eigenvalue weighted by Crippen LogP contribution is -2.39. The number of tetrazole rings is 1. The third-order valence-electron chi connectivity index (χ3n) is 5.23. The summed E-state index contributed by atoms with van der Waals surface area (Å²) in [5.74, 6) is 2.12. The topological polar surface area (TPSA) is 82.4 Å². The van der Waals surface area contributed by atoms with Gasteiger partial charge in [-0.15, -0.1) is 21.5 Å². The first-order valence-corrected chi connectivity index (χ1v) is 11.6. The molecule has 1 fully saturated rings. The number of carbonyl (C=O) groups excluding carboxylic acids is 1. The number of amides is 1. The summed E-state index contributed by atoms with van der Waals surface area (Å²) in [7, 11) is 0. The molecule has 164 valence electrons. The highest BCUT2D eigenvalue weighted by atomic mass is 32.1. The summed E-state index contributed by atoms with van der Waals surface area (Å²) in [4.78, 5) is 17.6. The van der Waals surface area contributed by atoms with E-state index in [4.69, 9.17) is 9.47 Å². The van der Waals surface area contributed by atoms with Crippen LogP contribution in [0.4, 0.5) is 0 Å². The number of thiophene rings is 1. The standard InChI is InChI=1S/C22H27N5O3S/c1-3-29-18-10-9-16(13-19(18)30-4-2)14-21(28)26-11-5-7-17(26)15-27-24-22(23-25-27)20-8-6-12-31-20/h6,8-10,12-13,17H,3-5,7,11,14-15H2,1-2H3/t17-/m1/s1. The van der Waals surface area contributed by atoms with Gasteiger partial charge >= 0.3 is 0 Å². The Morgan fingerprint density at radius 1 is 1.19 bits per heavy atom. The molecule has 0 saturated carbocycles. The van der Waals surface area contributed by atoms with E-state index in [1.165, 1.54) is 0 Å². The minimum atomic E-state index is 0.0759. The lowest BCUT2D eigenvalue weighted by atomic mass is 10.1. The van der Waals surface area contributed by atoms with Crippen LogP contribution in [0, 0.1) is 0 Å². The first-order valence-electron chi connectivity index (χ1n) is 10.7. The molecule has 0 spiro atoms. The molecule has 3 aromatic rings. The lowest BCUT2D eigenvalue weighted by molar-refractivity contribution is -0.131. The third-order valence-corrected chi connectivity index (χ3v) is 6.09. The fourth-order valence-electron chi connectivity index (χ4n) is 3.85. The van der Waals surface area contributed by atoms with Gasteiger partial charge in [0.25, 0.3) is 0 Å². The van der Waals surface area contributed by atoms with Crippen LogP contribution in [-0.2, 0) is 17.8 Å². The van der Waals surface area contributed by atoms with Gasteiger partial charge in [0.1, 0.15) is 0 Å². The van der Waals surface area contributed by atoms with Crippen LogP contribution in [0.15, 0.2) is 35.7 Å². The first-order chi connectivity index (χ1) is 15.2. The second kappa shape index (κ2) is 9.91. The predicted octanol–water partition coefficient (Wildman–Crippen LogP) is 3.43. The molecule has 0 aliphatic carbocycles. The maximum absolute atomic E-state index is 13.1. The van der Waals surface area contributed by atoms with Gasteiger partial charge in [-0.3, -0.25) is 4.79 Å². The van der Waals surface area contributed by atoms with Gasteiger partial charge in [-0.1, -0.05) is 12.1 Å². The number of aromatic nitrogens is 4. The number of ether oxygens (including phenoxy) is 2. The van der Waals surface area contributed by atoms with Crippen LogP contribution in [-0.4, -0.2) is 56.8 Å². The van der Waals surface area contributed by atoms with Crippen molar-refractivity contribution < 1.29 is 14.3 Å². The zero-order chi connectivity index (χ0) is 21.6. The van der Waals surface area contributed by atoms with Crippen LogP contribution in [0.3, 0.4) is 0 Å². The molecule has 31 heavy (non-hydrogen) atoms. The Labute approximate surface area is 185 Å². The molecular weight excluding hydrogens is 414 g/mol. The van der Waals surface area contributed by atoms with Crippen molar-refractivity contribution in [1.29, 1.82) is 0 Å². The molecule has 9 heteroatoms. The number of benzene rings is 1. The van der Waals surface area contributed by atoms with Gasteiger partial charge in [-0.05, 0) is 61.0 Å². The zero-order valence-corrected chi connectivity index (χ0v) is 18.7. The molecule has 0 radical (unpaired) electrons. The SMILES string of the molecule is CCOc1ccc(CC(=O)N2CCC[C@@H]2Cn2nnc(-c3cccs3)n2)cc1OCC. The lowest BCUT2D eigenvalue weighted by Gasteiger charge is -2.24. The molecule has 0 unspecified atom stereocenters. The minimum absolute atomic E-state index is 0.0759. The fraction of sp³-hybridized carbons (Fsp3) is 0.455. The largest absolute Gasteiger partial charge is 0.490 e. The summed E-state index contributed by atoms with van der Waals surface area (Å²) in [6, 6.07) is 9.74. The Bertz CT molecular complexity index is 1000. The summed E-state index contributed by atoms with van der Waals surface area (Å²) < 4.78 is 11.3. The molecule has 1 saturated heterocycles. The molecule has 1 aliphatic heterocycles. The molecule has 1 amide bonds. The molecule has 0 N–H and O–H groups in total. The molecule has 1 aromatic carbocycles. The van der Waals surface area contributed by atoms with Gasteiger partial charge in [-0.25, -0.2) is 0 Å². The maximum atomic E-state index is 13.1. The third kappa shape index (κ3) is 5.04. The van der Waals surface area contributed by atoms with Crippen molar-refractivity contribution in [1.82, 2.24) is 25.1 Å². The van der Waals surface area contributed by atoms with Gasteiger partial charge in [0.15, 0.2) is 11.5 Å². The van der Waals surface area contributed by atoms with Crippen LogP contribution in [0.2, 0.25) is 0 Å². The molecule has 0 bridgehead atoms. The number of likely N-dealkylation sites (tertiary alicyclic amines) is 1. The van der Waals surface area contributed by atoms with Gasteiger partial charge < -0.3 is 14.4 Å². The predicted molar refractivity (Wildman–Crippen MR) is 118 cm³/mol. The van der Waals surface area contributed by atoms with E-state index in [9.17, 15) is 4.79 Å². The maximum Gasteiger partial charge on any atom is 0.227 e. The number of hydrogen-bond acceptors (Lipinski definition) is 7. The Kier molecular flexibility index (Phi) is 6.81. The average molecular weight is 442 g/mol. The van der Waals surface area contributed by atoms with Crippen molar-refractivity contribution in [3.63, 3.8) is 0 Å². The van der Waals surface area contributed by atoms with Crippen molar-refractivity contribution in [3.8, 4) is 22.2 Å². The van der Waals surface area contributed by atoms with Gasteiger partial charge in [-0.2, -0.15) is 4.80 Å². The number of rotatable bonds is 9. The van der Waals surface area contributed by atoms with Crippen molar-refractivity contribution in [2.45, 2.75) is 45.7 Å². The molecule has 1 aliphatic rings. The molecule has 8 nitrogen and oxygen atoms in total. The highest BCUT2D eigenvalue weighted by molar-refractivity contribution is 7.13. The zero-order valence-electron chi connectivity index (χ0n) is 17.9. The van der Waals surface area contributed by atoms with Crippen LogP contribution in [0.1, 0.15) is 32.3 Å². The summed E-state index contributed by atoms with van der Waals surface area (Å²) >= 11 is 1.59. The smallest absolute Gasteiger partial charge is 0.227 e. The van der Waals surface area contributed by atoms with Gasteiger partial charge in [0.2, 0.25) is 11.7 Å². The van der Waals surface area contributed by atoms with Crippen molar-refractivity contribution in [2.24, 2.45) is 0 Å². The van der Waals surface area contributed by atoms with Gasteiger partial charge in [0, 0.05) is 6.54 Å². The highest BCUT2D eigenvalue weighted by Gasteiger charge is 2.30. The fourth-order valence-corrected chi connectivity index (χ4v) is 4.50. The molecule has 4 rings (SSSR count). The molecule has 2 aromatic heterocycles. The summed E-state index contributed by atoms with van der Waals surface area (Å²) in [5.41, 5.74) is 0.918. The number of carbonyl (C=O) groups is 1. The van der Waals surface area contributed by atoms with E-state index < -0.39 is 0 Å². The van der Waals surface area contributed by atoms with Crippen LogP contribution in [0.5, 0.6) is 11.5 Å². The minimum Gasteiger partial charge on any atom is -0.490 e. The average Bonchev–Trinajstić information content (AvgIpc) is 3.52. The van der Waals surface area contributed by atoms with Gasteiger partial charge in [0.05, 0.1) is 37.1 Å². The van der Waals surface area contributed by atoms with Crippen LogP contribution < -0.4 is 9.47 Å². The van der Waals surface area contributed by atoms with Crippen molar-refractivity contribution in [2.75, 3.05) is 19.8 Å². The second-order valence-electron chi connectivity index (χ2n) is 7.35. The number of hydrogen-bond donors (Lipinski definition) is 0. The van der Waals surface area contributed by atoms with E-state index >= 15 is 0 Å². The molecule has 1 atom stereocenters. The second-order valence-corrected chi connectivity index (χ2v) is 8.30. The van der Waals surface area contributed by atoms with E-state index in [2.05, 4.69) is 15.4 Å². The monoisotopic (exact) mass is 441 g/mol. The quantitative estimate of drug-likeness (QED) is 0.506. The normalized spacial score (nSPS) is 15.9. The Balaban J connectivity index is 1.41. The van der Waals surface area contributed by atoms with E-state index in [0.29, 0.717) is 43.5 Å².